The van der Waals surface area contributed by atoms with Crippen LogP contribution in [0.5, 0.6) is 0 Å². The number of nitrogens with one attached hydrogen (secondary N) is 1. The van der Waals surface area contributed by atoms with Crippen LogP contribution < -0.4 is 11.1 Å². The number of halogens is 3. The number of hydrogen-bond donors (Lipinski definition) is 2. The quantitative estimate of drug-likeness (QED) is 0.842. The predicted octanol–water partition coefficient (Wildman–Crippen LogP) is 2.48. The standard InChI is InChI=1S/C15H19Cl2N3O2.ClH/c16-12-5-4-10(7-13(12)17)15(22)19-9-14(21)20-6-2-1-3-11(20)8-18;/h4-5,7,11H,1-3,6,8-9,18H2,(H,19,22);1H. The number of hydrogen-bond acceptors (Lipinski definition) is 3. The fourth-order valence-corrected chi connectivity index (χ4v) is 2.87. The van der Waals surface area contributed by atoms with Gasteiger partial charge in [0.1, 0.15) is 0 Å². The van der Waals surface area contributed by atoms with Gasteiger partial charge in [-0.05, 0) is 37.5 Å². The first-order valence-corrected chi connectivity index (χ1v) is 8.01. The number of carbonyl (C=O) groups excluding carboxylic acids is 2. The molecule has 1 aliphatic rings. The summed E-state index contributed by atoms with van der Waals surface area (Å²) in [4.78, 5) is 26.0. The predicted molar refractivity (Wildman–Crippen MR) is 94.4 cm³/mol. The first-order chi connectivity index (χ1) is 10.5. The third-order valence-electron chi connectivity index (χ3n) is 3.80. The Balaban J connectivity index is 0.00000264. The Bertz CT molecular complexity index is 569. The Hall–Kier alpha value is -1.01. The summed E-state index contributed by atoms with van der Waals surface area (Å²) in [5.41, 5.74) is 6.07. The number of piperidine rings is 1. The van der Waals surface area contributed by atoms with E-state index in [-0.39, 0.29) is 36.8 Å². The van der Waals surface area contributed by atoms with Gasteiger partial charge < -0.3 is 16.0 Å². The summed E-state index contributed by atoms with van der Waals surface area (Å²) in [5.74, 6) is -0.461. The van der Waals surface area contributed by atoms with E-state index >= 15 is 0 Å². The third kappa shape index (κ3) is 5.24. The van der Waals surface area contributed by atoms with Gasteiger partial charge in [0.2, 0.25) is 5.91 Å². The molecule has 1 unspecified atom stereocenters. The summed E-state index contributed by atoms with van der Waals surface area (Å²) in [5, 5.41) is 3.30. The molecule has 2 amide bonds. The topological polar surface area (TPSA) is 75.4 Å². The summed E-state index contributed by atoms with van der Waals surface area (Å²) in [7, 11) is 0. The lowest BCUT2D eigenvalue weighted by molar-refractivity contribution is -0.133. The van der Waals surface area contributed by atoms with E-state index in [9.17, 15) is 9.59 Å². The number of benzene rings is 1. The van der Waals surface area contributed by atoms with Crippen molar-refractivity contribution in [1.82, 2.24) is 10.2 Å². The largest absolute Gasteiger partial charge is 0.343 e. The molecule has 3 N–H and O–H groups in total. The van der Waals surface area contributed by atoms with Crippen LogP contribution >= 0.6 is 35.6 Å². The number of carbonyl (C=O) groups is 2. The van der Waals surface area contributed by atoms with Gasteiger partial charge >= 0.3 is 0 Å². The zero-order chi connectivity index (χ0) is 16.1. The summed E-state index contributed by atoms with van der Waals surface area (Å²) in [6, 6.07) is 4.67. The number of likely N-dealkylation sites (tertiary alicyclic amines) is 1. The van der Waals surface area contributed by atoms with E-state index in [2.05, 4.69) is 5.32 Å². The van der Waals surface area contributed by atoms with E-state index < -0.39 is 0 Å². The fourth-order valence-electron chi connectivity index (χ4n) is 2.57. The van der Waals surface area contributed by atoms with Gasteiger partial charge in [0, 0.05) is 24.7 Å². The van der Waals surface area contributed by atoms with Gasteiger partial charge in [-0.2, -0.15) is 0 Å². The maximum Gasteiger partial charge on any atom is 0.251 e. The van der Waals surface area contributed by atoms with Crippen LogP contribution in [0.15, 0.2) is 18.2 Å². The fraction of sp³-hybridized carbons (Fsp3) is 0.467. The molecule has 2 rings (SSSR count). The molecule has 0 spiro atoms. The smallest absolute Gasteiger partial charge is 0.251 e. The van der Waals surface area contributed by atoms with Crippen LogP contribution in [0.2, 0.25) is 10.0 Å². The van der Waals surface area contributed by atoms with E-state index in [0.29, 0.717) is 28.7 Å². The van der Waals surface area contributed by atoms with Gasteiger partial charge in [0.15, 0.2) is 0 Å². The molecule has 1 aromatic carbocycles. The summed E-state index contributed by atoms with van der Waals surface area (Å²) in [6.07, 6.45) is 2.98. The maximum atomic E-state index is 12.2. The average molecular weight is 381 g/mol. The van der Waals surface area contributed by atoms with E-state index in [0.717, 1.165) is 19.3 Å². The SMILES string of the molecule is Cl.NCC1CCCCN1C(=O)CNC(=O)c1ccc(Cl)c(Cl)c1. The minimum Gasteiger partial charge on any atom is -0.343 e. The minimum absolute atomic E-state index is 0. The lowest BCUT2D eigenvalue weighted by Crippen LogP contribution is -2.50. The van der Waals surface area contributed by atoms with Crippen LogP contribution in [-0.2, 0) is 4.79 Å². The summed E-state index contributed by atoms with van der Waals surface area (Å²) in [6.45, 7) is 1.10. The second kappa shape index (κ2) is 9.33. The molecule has 5 nitrogen and oxygen atoms in total. The van der Waals surface area contributed by atoms with Gasteiger partial charge in [-0.3, -0.25) is 9.59 Å². The van der Waals surface area contributed by atoms with Crippen molar-refractivity contribution >= 4 is 47.4 Å². The number of nitrogens with two attached hydrogens (primary N) is 1. The minimum atomic E-state index is -0.353. The van der Waals surface area contributed by atoms with Crippen molar-refractivity contribution in [3.8, 4) is 0 Å². The van der Waals surface area contributed by atoms with Crippen molar-refractivity contribution in [2.75, 3.05) is 19.6 Å². The van der Waals surface area contributed by atoms with E-state index in [4.69, 9.17) is 28.9 Å². The number of nitrogens with zero attached hydrogens (tertiary/aromatic N) is 1. The highest BCUT2D eigenvalue weighted by molar-refractivity contribution is 6.42. The first-order valence-electron chi connectivity index (χ1n) is 7.25. The second-order valence-corrected chi connectivity index (χ2v) is 6.10. The zero-order valence-corrected chi connectivity index (χ0v) is 14.9. The van der Waals surface area contributed by atoms with Crippen LogP contribution in [0.1, 0.15) is 29.6 Å². The van der Waals surface area contributed by atoms with E-state index in [1.807, 2.05) is 0 Å². The van der Waals surface area contributed by atoms with Gasteiger partial charge in [-0.1, -0.05) is 23.2 Å². The highest BCUT2D eigenvalue weighted by Gasteiger charge is 2.25. The van der Waals surface area contributed by atoms with Gasteiger partial charge in [0.05, 0.1) is 16.6 Å². The normalized spacial score (nSPS) is 17.3. The Morgan fingerprint density at radius 3 is 2.65 bits per heavy atom. The van der Waals surface area contributed by atoms with Crippen molar-refractivity contribution in [3.05, 3.63) is 33.8 Å². The molecule has 0 radical (unpaired) electrons. The summed E-state index contributed by atoms with van der Waals surface area (Å²) < 4.78 is 0. The maximum absolute atomic E-state index is 12.2. The first kappa shape index (κ1) is 20.0. The lowest BCUT2D eigenvalue weighted by Gasteiger charge is -2.35. The van der Waals surface area contributed by atoms with E-state index in [1.54, 1.807) is 17.0 Å². The molecule has 0 bridgehead atoms. The molecule has 1 heterocycles. The van der Waals surface area contributed by atoms with Gasteiger partial charge in [-0.25, -0.2) is 0 Å². The van der Waals surface area contributed by atoms with Crippen molar-refractivity contribution < 1.29 is 9.59 Å². The second-order valence-electron chi connectivity index (χ2n) is 5.28. The Morgan fingerprint density at radius 2 is 2.00 bits per heavy atom. The molecule has 8 heteroatoms. The molecule has 128 valence electrons. The molecule has 23 heavy (non-hydrogen) atoms. The Labute approximate surface area is 151 Å². The van der Waals surface area contributed by atoms with Crippen LogP contribution in [-0.4, -0.2) is 42.4 Å². The molecule has 0 aromatic heterocycles. The number of amides is 2. The van der Waals surface area contributed by atoms with Gasteiger partial charge in [0.25, 0.3) is 5.91 Å². The van der Waals surface area contributed by atoms with Crippen molar-refractivity contribution in [2.45, 2.75) is 25.3 Å². The van der Waals surface area contributed by atoms with Crippen LogP contribution in [0, 0.1) is 0 Å². The molecule has 1 fully saturated rings. The molecule has 0 saturated carbocycles. The van der Waals surface area contributed by atoms with Crippen molar-refractivity contribution in [2.24, 2.45) is 5.73 Å². The highest BCUT2D eigenvalue weighted by Crippen LogP contribution is 2.22. The van der Waals surface area contributed by atoms with E-state index in [1.165, 1.54) is 6.07 Å². The molecule has 1 saturated heterocycles. The average Bonchev–Trinajstić information content (AvgIpc) is 2.54. The Kier molecular flexibility index (Phi) is 8.12. The molecule has 1 atom stereocenters. The monoisotopic (exact) mass is 379 g/mol. The molecule has 1 aliphatic heterocycles. The molecule has 0 aliphatic carbocycles. The molecular formula is C15H20Cl3N3O2. The lowest BCUT2D eigenvalue weighted by atomic mass is 10.0. The Morgan fingerprint density at radius 1 is 1.26 bits per heavy atom. The van der Waals surface area contributed by atoms with Gasteiger partial charge in [-0.15, -0.1) is 12.4 Å². The van der Waals surface area contributed by atoms with Crippen LogP contribution in [0.4, 0.5) is 0 Å². The van der Waals surface area contributed by atoms with Crippen molar-refractivity contribution in [3.63, 3.8) is 0 Å². The highest BCUT2D eigenvalue weighted by atomic mass is 35.5. The van der Waals surface area contributed by atoms with Crippen LogP contribution in [0.25, 0.3) is 0 Å². The summed E-state index contributed by atoms with van der Waals surface area (Å²) >= 11 is 11.7. The number of rotatable bonds is 4. The van der Waals surface area contributed by atoms with Crippen LogP contribution in [0.3, 0.4) is 0 Å². The molecular weight excluding hydrogens is 361 g/mol. The third-order valence-corrected chi connectivity index (χ3v) is 4.54. The zero-order valence-electron chi connectivity index (χ0n) is 12.6. The van der Waals surface area contributed by atoms with Crippen molar-refractivity contribution in [1.29, 1.82) is 0 Å². The molecule has 1 aromatic rings.